The van der Waals surface area contributed by atoms with Gasteiger partial charge in [0.1, 0.15) is 18.1 Å². The van der Waals surface area contributed by atoms with Gasteiger partial charge in [-0.15, -0.1) is 0 Å². The van der Waals surface area contributed by atoms with Crippen LogP contribution in [0.1, 0.15) is 30.3 Å². The fraction of sp³-hybridized carbons (Fsp3) is 0.478. The molecule has 1 aliphatic heterocycles. The van der Waals surface area contributed by atoms with Gasteiger partial charge in [0, 0.05) is 31.9 Å². The lowest BCUT2D eigenvalue weighted by Gasteiger charge is -2.21. The summed E-state index contributed by atoms with van der Waals surface area (Å²) in [5, 5.41) is 17.2. The van der Waals surface area contributed by atoms with Gasteiger partial charge in [-0.1, -0.05) is 18.2 Å². The van der Waals surface area contributed by atoms with Gasteiger partial charge >= 0.3 is 0 Å². The third-order valence-electron chi connectivity index (χ3n) is 5.24. The minimum Gasteiger partial charge on any atom is -0.492 e. The number of hydrogen-bond acceptors (Lipinski definition) is 6. The number of hydrogen-bond donors (Lipinski definition) is 3. The van der Waals surface area contributed by atoms with E-state index in [0.29, 0.717) is 31.9 Å². The lowest BCUT2D eigenvalue weighted by atomic mass is 10.0. The zero-order chi connectivity index (χ0) is 24.1. The molecule has 0 unspecified atom stereocenters. The number of aromatic nitrogens is 2. The Morgan fingerprint density at radius 1 is 1.21 bits per heavy atom. The highest BCUT2D eigenvalue weighted by molar-refractivity contribution is 5.92. The van der Waals surface area contributed by atoms with Crippen LogP contribution in [0, 0.1) is 5.92 Å². The predicted molar refractivity (Wildman–Crippen MR) is 123 cm³/mol. The molecule has 0 radical (unpaired) electrons. The van der Waals surface area contributed by atoms with Crippen molar-refractivity contribution >= 4 is 18.3 Å². The molecular weight excluding hydrogens is 426 g/mol. The van der Waals surface area contributed by atoms with Crippen molar-refractivity contribution in [2.24, 2.45) is 5.92 Å². The number of para-hydroxylation sites is 1. The zero-order valence-corrected chi connectivity index (χ0v) is 19.1. The molecule has 0 saturated carbocycles. The summed E-state index contributed by atoms with van der Waals surface area (Å²) in [5.41, 5.74) is 0.427. The van der Waals surface area contributed by atoms with Crippen LogP contribution in [-0.4, -0.2) is 77.4 Å². The Labute approximate surface area is 193 Å². The van der Waals surface area contributed by atoms with E-state index in [1.807, 2.05) is 44.3 Å². The lowest BCUT2D eigenvalue weighted by molar-refractivity contribution is -0.125. The van der Waals surface area contributed by atoms with Gasteiger partial charge in [0.25, 0.3) is 12.4 Å². The first-order valence-corrected chi connectivity index (χ1v) is 11.0. The number of likely N-dealkylation sites (tertiary alicyclic amines) is 1. The molecule has 180 valence electrons. The van der Waals surface area contributed by atoms with E-state index in [-0.39, 0.29) is 30.2 Å². The van der Waals surface area contributed by atoms with Crippen LogP contribution < -0.4 is 15.4 Å². The SMILES string of the molecule is CCn1ccc(C(=O)N[C@H]2CC[C@@H](C(=O)NCCOc3ccccc3)CN(C)C2)n1.O=CO. The molecule has 1 saturated heterocycles. The standard InChI is InChI=1S/C22H31N5O3.CH2O2/c1-3-27-13-11-20(25-27)22(29)24-18-10-9-17(15-26(2)16-18)21(28)23-12-14-30-19-7-5-4-6-8-19;2-1-3/h4-8,11,13,17-18H,3,9-10,12,14-16H2,1-2H3,(H,23,28)(H,24,29);1H,(H,2,3)/t17-,18+;/m1./s1. The van der Waals surface area contributed by atoms with E-state index in [1.54, 1.807) is 16.9 Å². The fourth-order valence-corrected chi connectivity index (χ4v) is 3.67. The van der Waals surface area contributed by atoms with Gasteiger partial charge in [0.15, 0.2) is 0 Å². The number of benzene rings is 1. The summed E-state index contributed by atoms with van der Waals surface area (Å²) in [5.74, 6) is 0.560. The highest BCUT2D eigenvalue weighted by atomic mass is 16.5. The topological polar surface area (TPSA) is 126 Å². The number of likely N-dealkylation sites (N-methyl/N-ethyl adjacent to an activating group) is 1. The van der Waals surface area contributed by atoms with E-state index >= 15 is 0 Å². The first kappa shape index (κ1) is 25.9. The van der Waals surface area contributed by atoms with Gasteiger partial charge in [-0.3, -0.25) is 19.1 Å². The molecule has 2 heterocycles. The van der Waals surface area contributed by atoms with E-state index in [2.05, 4.69) is 20.6 Å². The average Bonchev–Trinajstić information content (AvgIpc) is 3.22. The van der Waals surface area contributed by atoms with E-state index in [9.17, 15) is 9.59 Å². The van der Waals surface area contributed by atoms with Crippen molar-refractivity contribution in [1.82, 2.24) is 25.3 Å². The van der Waals surface area contributed by atoms with Crippen LogP contribution in [0.5, 0.6) is 5.75 Å². The van der Waals surface area contributed by atoms with Crippen LogP contribution in [0.15, 0.2) is 42.6 Å². The maximum absolute atomic E-state index is 12.6. The summed E-state index contributed by atoms with van der Waals surface area (Å²) in [7, 11) is 1.98. The van der Waals surface area contributed by atoms with Gasteiger partial charge in [-0.2, -0.15) is 5.10 Å². The monoisotopic (exact) mass is 459 g/mol. The largest absolute Gasteiger partial charge is 0.492 e. The van der Waals surface area contributed by atoms with E-state index in [4.69, 9.17) is 14.6 Å². The van der Waals surface area contributed by atoms with Crippen LogP contribution >= 0.6 is 0 Å². The van der Waals surface area contributed by atoms with Crippen LogP contribution in [0.2, 0.25) is 0 Å². The van der Waals surface area contributed by atoms with Crippen molar-refractivity contribution in [2.45, 2.75) is 32.4 Å². The number of carboxylic acid groups (broad SMARTS) is 1. The minimum atomic E-state index is -0.250. The molecule has 2 amide bonds. The third kappa shape index (κ3) is 8.93. The van der Waals surface area contributed by atoms with Crippen molar-refractivity contribution in [3.8, 4) is 5.75 Å². The smallest absolute Gasteiger partial charge is 0.290 e. The summed E-state index contributed by atoms with van der Waals surface area (Å²) < 4.78 is 7.35. The maximum atomic E-state index is 12.6. The Kier molecular flexibility index (Phi) is 10.9. The average molecular weight is 460 g/mol. The molecule has 2 aromatic rings. The molecule has 1 aliphatic rings. The number of carbonyl (C=O) groups excluding carboxylic acids is 2. The molecule has 10 heteroatoms. The molecule has 2 atom stereocenters. The lowest BCUT2D eigenvalue weighted by Crippen LogP contribution is -2.42. The van der Waals surface area contributed by atoms with Crippen LogP contribution in [-0.2, 0) is 16.1 Å². The summed E-state index contributed by atoms with van der Waals surface area (Å²) in [6.45, 7) is 4.74. The van der Waals surface area contributed by atoms with Crippen molar-refractivity contribution in [3.05, 3.63) is 48.3 Å². The Balaban J connectivity index is 0.00000122. The van der Waals surface area contributed by atoms with Crippen molar-refractivity contribution in [1.29, 1.82) is 0 Å². The fourth-order valence-electron chi connectivity index (χ4n) is 3.67. The molecule has 0 spiro atoms. The highest BCUT2D eigenvalue weighted by Crippen LogP contribution is 2.17. The summed E-state index contributed by atoms with van der Waals surface area (Å²) in [6, 6.07) is 11.3. The van der Waals surface area contributed by atoms with Gasteiger partial charge < -0.3 is 25.4 Å². The van der Waals surface area contributed by atoms with Gasteiger partial charge in [0.2, 0.25) is 5.91 Å². The number of ether oxygens (including phenoxy) is 1. The predicted octanol–water partition coefficient (Wildman–Crippen LogP) is 1.24. The first-order chi connectivity index (χ1) is 16.0. The molecular formula is C23H33N5O5. The molecule has 3 rings (SSSR count). The van der Waals surface area contributed by atoms with E-state index < -0.39 is 0 Å². The Hall–Kier alpha value is -3.40. The first-order valence-electron chi connectivity index (χ1n) is 11.0. The van der Waals surface area contributed by atoms with Gasteiger partial charge in [-0.25, -0.2) is 0 Å². The Bertz CT molecular complexity index is 873. The summed E-state index contributed by atoms with van der Waals surface area (Å²) in [6.07, 6.45) is 3.28. The number of carbonyl (C=O) groups is 3. The quantitative estimate of drug-likeness (QED) is 0.401. The van der Waals surface area contributed by atoms with Crippen molar-refractivity contribution in [2.75, 3.05) is 33.3 Å². The summed E-state index contributed by atoms with van der Waals surface area (Å²) in [4.78, 5) is 35.5. The maximum Gasteiger partial charge on any atom is 0.290 e. The Morgan fingerprint density at radius 2 is 1.94 bits per heavy atom. The molecule has 3 N–H and O–H groups in total. The molecule has 33 heavy (non-hydrogen) atoms. The van der Waals surface area contributed by atoms with E-state index in [0.717, 1.165) is 25.1 Å². The molecule has 1 aromatic carbocycles. The molecule has 10 nitrogen and oxygen atoms in total. The second-order valence-corrected chi connectivity index (χ2v) is 7.78. The number of aryl methyl sites for hydroxylation is 1. The Morgan fingerprint density at radius 3 is 2.61 bits per heavy atom. The zero-order valence-electron chi connectivity index (χ0n) is 19.1. The second kappa shape index (κ2) is 13.9. The van der Waals surface area contributed by atoms with E-state index in [1.165, 1.54) is 0 Å². The summed E-state index contributed by atoms with van der Waals surface area (Å²) >= 11 is 0. The second-order valence-electron chi connectivity index (χ2n) is 7.78. The number of nitrogens with one attached hydrogen (secondary N) is 2. The van der Waals surface area contributed by atoms with Crippen LogP contribution in [0.4, 0.5) is 0 Å². The highest BCUT2D eigenvalue weighted by Gasteiger charge is 2.27. The van der Waals surface area contributed by atoms with Crippen molar-refractivity contribution in [3.63, 3.8) is 0 Å². The molecule has 0 aliphatic carbocycles. The number of rotatable bonds is 8. The molecule has 1 aromatic heterocycles. The van der Waals surface area contributed by atoms with Crippen LogP contribution in [0.25, 0.3) is 0 Å². The number of nitrogens with zero attached hydrogens (tertiary/aromatic N) is 3. The van der Waals surface area contributed by atoms with Gasteiger partial charge in [-0.05, 0) is 45.0 Å². The minimum absolute atomic E-state index is 0.00603. The molecule has 1 fully saturated rings. The molecule has 0 bridgehead atoms. The normalized spacial score (nSPS) is 18.2. The van der Waals surface area contributed by atoms with Crippen molar-refractivity contribution < 1.29 is 24.2 Å². The third-order valence-corrected chi connectivity index (χ3v) is 5.24. The number of amides is 2. The van der Waals surface area contributed by atoms with Crippen LogP contribution in [0.3, 0.4) is 0 Å². The van der Waals surface area contributed by atoms with Gasteiger partial charge in [0.05, 0.1) is 12.5 Å².